The van der Waals surface area contributed by atoms with Crippen LogP contribution in [0.4, 0.5) is 14.6 Å². The van der Waals surface area contributed by atoms with Crippen molar-refractivity contribution < 1.29 is 18.6 Å². The van der Waals surface area contributed by atoms with Crippen LogP contribution in [0.5, 0.6) is 11.8 Å². The average molecular weight is 614 g/mol. The van der Waals surface area contributed by atoms with Crippen molar-refractivity contribution in [2.45, 2.75) is 77.2 Å². The van der Waals surface area contributed by atoms with E-state index in [4.69, 9.17) is 14.7 Å². The summed E-state index contributed by atoms with van der Waals surface area (Å²) >= 11 is 0. The molecule has 0 atom stereocenters. The standard InChI is InChI=1S/C36H41F2N5O2/c1-3-25-28(37)8-7-23-15-24(44)16-26(29(23)25)31-30(38)32-27(19-39-31)33(42-12-4-9-35(20-42)17-22(2)18-35)41-34(40-32)45-21-36-10-5-13-43(36)14-6-11-36/h7-8,15-16,19,22,44H,3-6,9-14,17-18,20-21H2,1-2H3. The number of ether oxygens (including phenoxy) is 1. The van der Waals surface area contributed by atoms with E-state index in [1.807, 2.05) is 6.92 Å². The van der Waals surface area contributed by atoms with Gasteiger partial charge in [0.2, 0.25) is 0 Å². The number of halogens is 2. The number of phenolic OH excluding ortho intramolecular Hbond substituents is 1. The topological polar surface area (TPSA) is 74.6 Å². The summed E-state index contributed by atoms with van der Waals surface area (Å²) in [5.74, 6) is 0.368. The van der Waals surface area contributed by atoms with Crippen LogP contribution in [-0.4, -0.2) is 63.3 Å². The number of aromatic hydroxyl groups is 1. The van der Waals surface area contributed by atoms with Gasteiger partial charge in [0.25, 0.3) is 0 Å². The Kier molecular flexibility index (Phi) is 6.89. The minimum atomic E-state index is -0.621. The van der Waals surface area contributed by atoms with Crippen molar-refractivity contribution in [2.24, 2.45) is 11.3 Å². The van der Waals surface area contributed by atoms with Crippen LogP contribution in [0.3, 0.4) is 0 Å². The zero-order valence-corrected chi connectivity index (χ0v) is 26.2. The minimum Gasteiger partial charge on any atom is -0.508 e. The fourth-order valence-corrected chi connectivity index (χ4v) is 9.35. The highest BCUT2D eigenvalue weighted by Gasteiger charge is 2.46. The summed E-state index contributed by atoms with van der Waals surface area (Å²) in [7, 11) is 0. The van der Waals surface area contributed by atoms with Crippen LogP contribution >= 0.6 is 0 Å². The van der Waals surface area contributed by atoms with Crippen molar-refractivity contribution in [3.63, 3.8) is 0 Å². The molecule has 0 unspecified atom stereocenters. The Morgan fingerprint density at radius 2 is 1.80 bits per heavy atom. The van der Waals surface area contributed by atoms with Gasteiger partial charge < -0.3 is 14.7 Å². The van der Waals surface area contributed by atoms with E-state index in [-0.39, 0.29) is 39.7 Å². The van der Waals surface area contributed by atoms with Gasteiger partial charge in [-0.15, -0.1) is 0 Å². The maximum absolute atomic E-state index is 16.9. The Labute approximate surface area is 262 Å². The number of anilines is 1. The van der Waals surface area contributed by atoms with Gasteiger partial charge in [0.15, 0.2) is 5.82 Å². The molecular weight excluding hydrogens is 572 g/mol. The number of hydrogen-bond donors (Lipinski definition) is 1. The molecule has 9 heteroatoms. The number of benzene rings is 2. The minimum absolute atomic E-state index is 0.00120. The molecular formula is C36H41F2N5O2. The van der Waals surface area contributed by atoms with Gasteiger partial charge in [-0.2, -0.15) is 9.97 Å². The zero-order chi connectivity index (χ0) is 30.9. The van der Waals surface area contributed by atoms with Gasteiger partial charge in [0.1, 0.15) is 35.2 Å². The number of pyridine rings is 1. The van der Waals surface area contributed by atoms with Crippen LogP contribution < -0.4 is 9.64 Å². The second-order valence-corrected chi connectivity index (χ2v) is 14.2. The van der Waals surface area contributed by atoms with Gasteiger partial charge in [-0.05, 0) is 117 Å². The van der Waals surface area contributed by atoms with Crippen molar-refractivity contribution in [3.05, 3.63) is 47.7 Å². The third-order valence-corrected chi connectivity index (χ3v) is 11.2. The summed E-state index contributed by atoms with van der Waals surface area (Å²) in [5.41, 5.74) is 1.24. The van der Waals surface area contributed by atoms with Crippen LogP contribution in [-0.2, 0) is 6.42 Å². The molecule has 0 amide bonds. The van der Waals surface area contributed by atoms with Gasteiger partial charge in [-0.25, -0.2) is 8.78 Å². The predicted molar refractivity (Wildman–Crippen MR) is 172 cm³/mol. The molecule has 1 saturated carbocycles. The Bertz CT molecular complexity index is 1790. The lowest BCUT2D eigenvalue weighted by Crippen LogP contribution is -2.50. The SMILES string of the molecule is CCc1c(F)ccc2cc(O)cc(-c3ncc4c(N5CCCC6(CC(C)C6)C5)nc(OCC56CCCN5CCC6)nc4c3F)c12. The van der Waals surface area contributed by atoms with Crippen LogP contribution in [0.15, 0.2) is 30.5 Å². The van der Waals surface area contributed by atoms with Crippen molar-refractivity contribution in [2.75, 3.05) is 37.7 Å². The van der Waals surface area contributed by atoms with E-state index in [1.54, 1.807) is 18.3 Å². The van der Waals surface area contributed by atoms with Crippen LogP contribution in [0, 0.1) is 23.0 Å². The number of nitrogens with zero attached hydrogens (tertiary/aromatic N) is 5. The lowest BCUT2D eigenvalue weighted by atomic mass is 9.59. The Morgan fingerprint density at radius 1 is 1.02 bits per heavy atom. The van der Waals surface area contributed by atoms with Gasteiger partial charge in [-0.1, -0.05) is 19.9 Å². The van der Waals surface area contributed by atoms with Gasteiger partial charge in [-0.3, -0.25) is 9.88 Å². The zero-order valence-electron chi connectivity index (χ0n) is 26.2. The third kappa shape index (κ3) is 4.72. The molecule has 5 heterocycles. The summed E-state index contributed by atoms with van der Waals surface area (Å²) in [5, 5.41) is 12.3. The molecule has 4 fully saturated rings. The maximum atomic E-state index is 16.9. The van der Waals surface area contributed by atoms with Gasteiger partial charge in [0.05, 0.1) is 10.9 Å². The fraction of sp³-hybridized carbons (Fsp3) is 0.528. The molecule has 2 aromatic carbocycles. The van der Waals surface area contributed by atoms with Crippen LogP contribution in [0.2, 0.25) is 0 Å². The summed E-state index contributed by atoms with van der Waals surface area (Å²) in [6, 6.07) is 6.23. The fourth-order valence-electron chi connectivity index (χ4n) is 9.35. The van der Waals surface area contributed by atoms with E-state index in [0.717, 1.165) is 64.2 Å². The molecule has 1 spiro atoms. The van der Waals surface area contributed by atoms with E-state index >= 15 is 4.39 Å². The second-order valence-electron chi connectivity index (χ2n) is 14.2. The van der Waals surface area contributed by atoms with E-state index < -0.39 is 5.82 Å². The highest BCUT2D eigenvalue weighted by atomic mass is 19.1. The number of aryl methyl sites for hydroxylation is 1. The molecule has 45 heavy (non-hydrogen) atoms. The highest BCUT2D eigenvalue weighted by Crippen LogP contribution is 2.52. The molecule has 1 aliphatic carbocycles. The van der Waals surface area contributed by atoms with E-state index in [0.29, 0.717) is 46.1 Å². The van der Waals surface area contributed by atoms with Gasteiger partial charge >= 0.3 is 6.01 Å². The Balaban J connectivity index is 1.27. The smallest absolute Gasteiger partial charge is 0.319 e. The van der Waals surface area contributed by atoms with Crippen molar-refractivity contribution in [1.82, 2.24) is 19.9 Å². The first-order chi connectivity index (χ1) is 21.8. The third-order valence-electron chi connectivity index (χ3n) is 11.2. The molecule has 0 radical (unpaired) electrons. The van der Waals surface area contributed by atoms with Crippen molar-refractivity contribution in [1.29, 1.82) is 0 Å². The quantitative estimate of drug-likeness (QED) is 0.243. The molecule has 3 saturated heterocycles. The van der Waals surface area contributed by atoms with Gasteiger partial charge in [0, 0.05) is 24.8 Å². The number of fused-ring (bicyclic) bond motifs is 3. The molecule has 1 N–H and O–H groups in total. The molecule has 0 bridgehead atoms. The Morgan fingerprint density at radius 3 is 2.56 bits per heavy atom. The average Bonchev–Trinajstić information content (AvgIpc) is 3.60. The first-order valence-electron chi connectivity index (χ1n) is 16.7. The van der Waals surface area contributed by atoms with Crippen LogP contribution in [0.1, 0.15) is 70.8 Å². The molecule has 7 nitrogen and oxygen atoms in total. The summed E-state index contributed by atoms with van der Waals surface area (Å²) < 4.78 is 38.3. The maximum Gasteiger partial charge on any atom is 0.319 e. The van der Waals surface area contributed by atoms with Crippen molar-refractivity contribution in [3.8, 4) is 23.0 Å². The number of phenols is 1. The predicted octanol–water partition coefficient (Wildman–Crippen LogP) is 7.41. The van der Waals surface area contributed by atoms with E-state index in [2.05, 4.69) is 21.7 Å². The lowest BCUT2D eigenvalue weighted by molar-refractivity contribution is 0.0486. The summed E-state index contributed by atoms with van der Waals surface area (Å²) in [6.45, 7) is 8.54. The number of hydrogen-bond acceptors (Lipinski definition) is 7. The molecule has 2 aromatic heterocycles. The summed E-state index contributed by atoms with van der Waals surface area (Å²) in [6.07, 6.45) is 11.2. The largest absolute Gasteiger partial charge is 0.508 e. The van der Waals surface area contributed by atoms with E-state index in [1.165, 1.54) is 31.4 Å². The Hall–Kier alpha value is -3.59. The first kappa shape index (κ1) is 28.9. The van der Waals surface area contributed by atoms with Crippen molar-refractivity contribution >= 4 is 27.5 Å². The first-order valence-corrected chi connectivity index (χ1v) is 16.7. The molecule has 8 rings (SSSR count). The molecule has 3 aliphatic heterocycles. The molecule has 236 valence electrons. The molecule has 4 aliphatic rings. The van der Waals surface area contributed by atoms with E-state index in [9.17, 15) is 9.50 Å². The highest BCUT2D eigenvalue weighted by molar-refractivity contribution is 6.01. The number of rotatable bonds is 6. The monoisotopic (exact) mass is 613 g/mol. The number of aromatic nitrogens is 3. The lowest BCUT2D eigenvalue weighted by Gasteiger charge is -2.52. The van der Waals surface area contributed by atoms with Crippen LogP contribution in [0.25, 0.3) is 32.9 Å². The summed E-state index contributed by atoms with van der Waals surface area (Å²) in [4.78, 5) is 19.1. The number of piperidine rings is 1. The molecule has 4 aromatic rings. The normalized spacial score (nSPS) is 24.4. The second kappa shape index (κ2) is 10.7.